The van der Waals surface area contributed by atoms with Crippen molar-refractivity contribution in [2.45, 2.75) is 17.9 Å². The molecule has 6 nitrogen and oxygen atoms in total. The molecule has 2 aromatic carbocycles. The van der Waals surface area contributed by atoms with E-state index in [0.29, 0.717) is 30.1 Å². The fourth-order valence-corrected chi connectivity index (χ4v) is 6.21. The van der Waals surface area contributed by atoms with Gasteiger partial charge in [0.05, 0.1) is 32.9 Å². The smallest absolute Gasteiger partial charge is 0.338 e. The van der Waals surface area contributed by atoms with Gasteiger partial charge in [-0.15, -0.1) is 11.8 Å². The number of benzene rings is 2. The summed E-state index contributed by atoms with van der Waals surface area (Å²) in [6, 6.07) is 18.5. The van der Waals surface area contributed by atoms with E-state index in [9.17, 15) is 9.59 Å². The third-order valence-corrected chi connectivity index (χ3v) is 9.60. The Kier molecular flexibility index (Phi) is 7.89. The normalized spacial score (nSPS) is 15.5. The van der Waals surface area contributed by atoms with Crippen LogP contribution in [0, 0.1) is 3.77 Å². The summed E-state index contributed by atoms with van der Waals surface area (Å²) in [7, 11) is 0. The van der Waals surface area contributed by atoms with Crippen LogP contribution in [0.25, 0.3) is 11.8 Å². The van der Waals surface area contributed by atoms with Crippen molar-refractivity contribution in [3.05, 3.63) is 111 Å². The molecular formula is C27H20BrIN2O4S2. The molecule has 1 aliphatic rings. The highest BCUT2D eigenvalue weighted by Gasteiger charge is 2.35. The van der Waals surface area contributed by atoms with Crippen molar-refractivity contribution in [3.8, 4) is 0 Å². The molecule has 0 saturated heterocycles. The Balaban J connectivity index is 1.82. The van der Waals surface area contributed by atoms with Gasteiger partial charge in [-0.05, 0) is 52.9 Å². The number of hydrogen-bond acceptors (Lipinski definition) is 7. The molecule has 0 radical (unpaired) electrons. The molecule has 0 aliphatic carbocycles. The highest BCUT2D eigenvalue weighted by Crippen LogP contribution is 2.35. The fraction of sp³-hybridized carbons (Fsp3) is 0.148. The van der Waals surface area contributed by atoms with E-state index in [1.165, 1.54) is 11.3 Å². The molecule has 10 heteroatoms. The number of aromatic nitrogens is 1. The van der Waals surface area contributed by atoms with E-state index in [1.54, 1.807) is 29.3 Å². The highest BCUT2D eigenvalue weighted by atomic mass is 127. The third-order valence-electron chi connectivity index (χ3n) is 5.74. The lowest BCUT2D eigenvalue weighted by atomic mass is 9.93. The lowest BCUT2D eigenvalue weighted by Crippen LogP contribution is -2.40. The number of carbonyl (C=O) groups is 1. The summed E-state index contributed by atoms with van der Waals surface area (Å²) < 4.78 is 14.8. The van der Waals surface area contributed by atoms with Gasteiger partial charge < -0.3 is 9.15 Å². The number of thioether (sulfide) groups is 1. The second-order valence-electron chi connectivity index (χ2n) is 7.98. The predicted octanol–water partition coefficient (Wildman–Crippen LogP) is 5.62. The van der Waals surface area contributed by atoms with Crippen molar-refractivity contribution < 1.29 is 13.9 Å². The number of nitrogens with zero attached hydrogens (tertiary/aromatic N) is 2. The Morgan fingerprint density at radius 2 is 1.97 bits per heavy atom. The molecular weight excluding hydrogens is 687 g/mol. The molecule has 0 unspecified atom stereocenters. The number of rotatable bonds is 6. The van der Waals surface area contributed by atoms with Crippen LogP contribution in [-0.2, 0) is 9.53 Å². The summed E-state index contributed by atoms with van der Waals surface area (Å²) in [4.78, 5) is 33.7. The molecule has 0 fully saturated rings. The number of thiazole rings is 1. The molecule has 0 saturated carbocycles. The van der Waals surface area contributed by atoms with Crippen molar-refractivity contribution in [1.29, 1.82) is 0 Å². The zero-order chi connectivity index (χ0) is 26.1. The van der Waals surface area contributed by atoms with Gasteiger partial charge in [0.2, 0.25) is 0 Å². The number of hydrogen-bond donors (Lipinski definition) is 0. The zero-order valence-electron chi connectivity index (χ0n) is 19.7. The van der Waals surface area contributed by atoms with Crippen molar-refractivity contribution >= 4 is 79.4 Å². The fourth-order valence-electron chi connectivity index (χ4n) is 4.11. The Hall–Kier alpha value is -2.41. The summed E-state index contributed by atoms with van der Waals surface area (Å²) in [5, 5.41) is 0. The van der Waals surface area contributed by atoms with E-state index in [0.717, 1.165) is 20.5 Å². The van der Waals surface area contributed by atoms with E-state index in [2.05, 4.69) is 38.5 Å². The average Bonchev–Trinajstić information content (AvgIpc) is 3.40. The minimum atomic E-state index is -0.702. The zero-order valence-corrected chi connectivity index (χ0v) is 25.1. The molecule has 5 rings (SSSR count). The SMILES string of the molecule is CCOC(=O)C1=C(c2ccccc2)N=c2s/c(=C/c3cc(Br)c(I)o3)c(=O)n2[C@@H]1c1ccc(SC)cc1. The first-order chi connectivity index (χ1) is 17.9. The molecule has 0 spiro atoms. The Labute approximate surface area is 243 Å². The number of furan rings is 1. The maximum atomic E-state index is 13.8. The molecule has 0 bridgehead atoms. The van der Waals surface area contributed by atoms with E-state index in [1.807, 2.05) is 66.9 Å². The first kappa shape index (κ1) is 26.2. The quantitative estimate of drug-likeness (QED) is 0.148. The molecule has 0 N–H and O–H groups in total. The summed E-state index contributed by atoms with van der Waals surface area (Å²) >= 11 is 8.42. The monoisotopic (exact) mass is 706 g/mol. The van der Waals surface area contributed by atoms with Crippen molar-refractivity contribution in [2.75, 3.05) is 12.9 Å². The summed E-state index contributed by atoms with van der Waals surface area (Å²) in [5.41, 5.74) is 2.16. The van der Waals surface area contributed by atoms with E-state index in [-0.39, 0.29) is 12.2 Å². The number of carbonyl (C=O) groups excluding carboxylic acids is 1. The highest BCUT2D eigenvalue weighted by molar-refractivity contribution is 14.1. The van der Waals surface area contributed by atoms with E-state index < -0.39 is 12.0 Å². The second kappa shape index (κ2) is 11.1. The van der Waals surface area contributed by atoms with Crippen LogP contribution in [0.2, 0.25) is 0 Å². The van der Waals surface area contributed by atoms with Gasteiger partial charge in [-0.1, -0.05) is 53.8 Å². The number of ether oxygens (including phenoxy) is 1. The topological polar surface area (TPSA) is 73.8 Å². The first-order valence-electron chi connectivity index (χ1n) is 11.3. The molecule has 0 amide bonds. The van der Waals surface area contributed by atoms with Crippen LogP contribution in [0.1, 0.15) is 29.9 Å². The van der Waals surface area contributed by atoms with Crippen LogP contribution in [0.5, 0.6) is 0 Å². The van der Waals surface area contributed by atoms with Gasteiger partial charge in [0, 0.05) is 39.1 Å². The standard InChI is InChI=1S/C27H20BrIN2O4S2/c1-3-34-26(33)21-22(15-7-5-4-6-8-15)30-27-31(23(21)16-9-11-18(36-2)12-10-16)25(32)20(37-27)14-17-13-19(28)24(29)35-17/h4-14,23H,3H2,1-2H3/b20-14+/t23-/m1/s1. The van der Waals surface area contributed by atoms with Crippen LogP contribution in [0.3, 0.4) is 0 Å². The summed E-state index contributed by atoms with van der Waals surface area (Å²) in [6.45, 7) is 1.97. The van der Waals surface area contributed by atoms with E-state index >= 15 is 0 Å². The Morgan fingerprint density at radius 3 is 2.59 bits per heavy atom. The number of esters is 1. The van der Waals surface area contributed by atoms with Gasteiger partial charge in [-0.2, -0.15) is 0 Å². The Bertz CT molecular complexity index is 1670. The molecule has 3 heterocycles. The molecule has 1 aliphatic heterocycles. The molecule has 188 valence electrons. The van der Waals surface area contributed by atoms with E-state index in [4.69, 9.17) is 14.1 Å². The second-order valence-corrected chi connectivity index (χ2v) is 11.7. The van der Waals surface area contributed by atoms with Crippen molar-refractivity contribution in [1.82, 2.24) is 4.57 Å². The largest absolute Gasteiger partial charge is 0.463 e. The van der Waals surface area contributed by atoms with Crippen LogP contribution in [0.15, 0.2) is 89.8 Å². The number of halogens is 2. The maximum Gasteiger partial charge on any atom is 0.338 e. The lowest BCUT2D eigenvalue weighted by molar-refractivity contribution is -0.138. The van der Waals surface area contributed by atoms with Crippen LogP contribution in [-0.4, -0.2) is 23.4 Å². The predicted molar refractivity (Wildman–Crippen MR) is 158 cm³/mol. The van der Waals surface area contributed by atoms with Gasteiger partial charge in [-0.3, -0.25) is 9.36 Å². The molecule has 2 aromatic heterocycles. The number of fused-ring (bicyclic) bond motifs is 1. The summed E-state index contributed by atoms with van der Waals surface area (Å²) in [6.07, 6.45) is 3.71. The average molecular weight is 707 g/mol. The lowest BCUT2D eigenvalue weighted by Gasteiger charge is -2.26. The van der Waals surface area contributed by atoms with Gasteiger partial charge in [0.15, 0.2) is 8.57 Å². The first-order valence-corrected chi connectivity index (χ1v) is 15.2. The van der Waals surface area contributed by atoms with Gasteiger partial charge in [0.25, 0.3) is 5.56 Å². The van der Waals surface area contributed by atoms with Crippen LogP contribution < -0.4 is 14.9 Å². The molecule has 37 heavy (non-hydrogen) atoms. The van der Waals surface area contributed by atoms with Gasteiger partial charge in [-0.25, -0.2) is 9.79 Å². The Morgan fingerprint density at radius 1 is 1.24 bits per heavy atom. The minimum Gasteiger partial charge on any atom is -0.463 e. The van der Waals surface area contributed by atoms with Crippen molar-refractivity contribution in [2.24, 2.45) is 4.99 Å². The van der Waals surface area contributed by atoms with Crippen molar-refractivity contribution in [3.63, 3.8) is 0 Å². The third kappa shape index (κ3) is 5.16. The minimum absolute atomic E-state index is 0.207. The summed E-state index contributed by atoms with van der Waals surface area (Å²) in [5.74, 6) is 0.0538. The van der Waals surface area contributed by atoms with Crippen LogP contribution >= 0.6 is 61.6 Å². The maximum absolute atomic E-state index is 13.8. The molecule has 4 aromatic rings. The van der Waals surface area contributed by atoms with Gasteiger partial charge in [0.1, 0.15) is 5.76 Å². The van der Waals surface area contributed by atoms with Gasteiger partial charge >= 0.3 is 5.97 Å². The van der Waals surface area contributed by atoms with Crippen LogP contribution in [0.4, 0.5) is 0 Å². The molecule has 1 atom stereocenters.